The summed E-state index contributed by atoms with van der Waals surface area (Å²) < 4.78 is 0. The maximum absolute atomic E-state index is 5.49. The second-order valence-corrected chi connectivity index (χ2v) is 2.53. The van der Waals surface area contributed by atoms with Crippen LogP contribution in [0.25, 0.3) is 0 Å². The van der Waals surface area contributed by atoms with Crippen LogP contribution < -0.4 is 11.5 Å². The summed E-state index contributed by atoms with van der Waals surface area (Å²) in [6.07, 6.45) is 2.08. The van der Waals surface area contributed by atoms with Gasteiger partial charge in [-0.1, -0.05) is 0 Å². The van der Waals surface area contributed by atoms with Gasteiger partial charge in [0.25, 0.3) is 0 Å². The van der Waals surface area contributed by atoms with Crippen LogP contribution in [0, 0.1) is 0 Å². The minimum absolute atomic E-state index is 0. The van der Waals surface area contributed by atoms with Crippen molar-refractivity contribution in [3.63, 3.8) is 0 Å². The summed E-state index contributed by atoms with van der Waals surface area (Å²) in [4.78, 5) is 0. The fraction of sp³-hybridized carbons (Fsp3) is 1.00. The molecule has 0 radical (unpaired) electrons. The molecule has 0 fully saturated rings. The Morgan fingerprint density at radius 1 is 1.00 bits per heavy atom. The minimum atomic E-state index is 0. The number of hydrogen-bond donors (Lipinski definition) is 2. The number of rotatable bonds is 3. The molecular formula is C6H17ClN2. The van der Waals surface area contributed by atoms with E-state index < -0.39 is 0 Å². The molecule has 0 spiro atoms. The quantitative estimate of drug-likeness (QED) is 0.631. The van der Waals surface area contributed by atoms with Crippen molar-refractivity contribution in [3.05, 3.63) is 0 Å². The topological polar surface area (TPSA) is 52.0 Å². The Hall–Kier alpha value is 0.210. The van der Waals surface area contributed by atoms with Crippen LogP contribution in [0.4, 0.5) is 0 Å². The first kappa shape index (κ1) is 11.9. The van der Waals surface area contributed by atoms with Gasteiger partial charge >= 0.3 is 0 Å². The third kappa shape index (κ3) is 11.7. The van der Waals surface area contributed by atoms with Gasteiger partial charge in [-0.25, -0.2) is 0 Å². The fourth-order valence-corrected chi connectivity index (χ4v) is 0.526. The van der Waals surface area contributed by atoms with E-state index in [1.807, 2.05) is 13.8 Å². The van der Waals surface area contributed by atoms with Crippen LogP contribution in [-0.4, -0.2) is 12.1 Å². The highest BCUT2D eigenvalue weighted by molar-refractivity contribution is 5.85. The molecule has 58 valence electrons. The largest absolute Gasteiger partial charge is 0.328 e. The molecule has 0 heterocycles. The Kier molecular flexibility index (Phi) is 8.40. The van der Waals surface area contributed by atoms with Gasteiger partial charge in [-0.2, -0.15) is 0 Å². The summed E-state index contributed by atoms with van der Waals surface area (Å²) in [5, 5.41) is 0. The van der Waals surface area contributed by atoms with E-state index in [0.717, 1.165) is 12.8 Å². The van der Waals surface area contributed by atoms with Crippen molar-refractivity contribution in [2.24, 2.45) is 11.5 Å². The highest BCUT2D eigenvalue weighted by atomic mass is 35.5. The van der Waals surface area contributed by atoms with Gasteiger partial charge in [-0.15, -0.1) is 12.4 Å². The van der Waals surface area contributed by atoms with Gasteiger partial charge in [0.1, 0.15) is 0 Å². The van der Waals surface area contributed by atoms with Crippen molar-refractivity contribution < 1.29 is 0 Å². The first-order valence-corrected chi connectivity index (χ1v) is 3.14. The van der Waals surface area contributed by atoms with E-state index in [2.05, 4.69) is 0 Å². The zero-order chi connectivity index (χ0) is 6.57. The Morgan fingerprint density at radius 2 is 1.22 bits per heavy atom. The van der Waals surface area contributed by atoms with Crippen LogP contribution in [0.3, 0.4) is 0 Å². The standard InChI is InChI=1S/C6H16N2.ClH/c1-5(7)3-4-6(2)8;/h5-6H,3-4,7-8H2,1-2H3;1H/t5-,6-;/m1./s1. The summed E-state index contributed by atoms with van der Waals surface area (Å²) in [7, 11) is 0. The highest BCUT2D eigenvalue weighted by Crippen LogP contribution is 1.95. The Bertz CT molecular complexity index is 47.0. The van der Waals surface area contributed by atoms with E-state index in [4.69, 9.17) is 11.5 Å². The molecule has 2 atom stereocenters. The third-order valence-electron chi connectivity index (χ3n) is 1.08. The predicted molar refractivity (Wildman–Crippen MR) is 43.8 cm³/mol. The van der Waals surface area contributed by atoms with E-state index in [-0.39, 0.29) is 12.4 Å². The third-order valence-corrected chi connectivity index (χ3v) is 1.08. The lowest BCUT2D eigenvalue weighted by Gasteiger charge is -2.06. The second-order valence-electron chi connectivity index (χ2n) is 2.53. The molecule has 2 nitrogen and oxygen atoms in total. The first-order valence-electron chi connectivity index (χ1n) is 3.14. The molecular weight excluding hydrogens is 136 g/mol. The molecule has 0 aliphatic carbocycles. The highest BCUT2D eigenvalue weighted by Gasteiger charge is 1.96. The van der Waals surface area contributed by atoms with E-state index in [9.17, 15) is 0 Å². The normalized spacial score (nSPS) is 16.0. The monoisotopic (exact) mass is 152 g/mol. The van der Waals surface area contributed by atoms with Gasteiger partial charge < -0.3 is 11.5 Å². The number of halogens is 1. The van der Waals surface area contributed by atoms with Gasteiger partial charge in [-0.05, 0) is 26.7 Å². The van der Waals surface area contributed by atoms with Gasteiger partial charge in [-0.3, -0.25) is 0 Å². The predicted octanol–water partition coefficient (Wildman–Crippen LogP) is 0.883. The zero-order valence-electron chi connectivity index (χ0n) is 6.13. The summed E-state index contributed by atoms with van der Waals surface area (Å²) in [5.41, 5.74) is 11.0. The van der Waals surface area contributed by atoms with Gasteiger partial charge in [0, 0.05) is 12.1 Å². The lowest BCUT2D eigenvalue weighted by molar-refractivity contribution is 0.564. The lowest BCUT2D eigenvalue weighted by Crippen LogP contribution is -2.21. The molecule has 0 aliphatic rings. The van der Waals surface area contributed by atoms with Crippen LogP contribution in [0.5, 0.6) is 0 Å². The smallest absolute Gasteiger partial charge is 0.00110 e. The average molecular weight is 153 g/mol. The van der Waals surface area contributed by atoms with Crippen molar-refractivity contribution in [3.8, 4) is 0 Å². The molecule has 0 bridgehead atoms. The van der Waals surface area contributed by atoms with E-state index in [1.165, 1.54) is 0 Å². The minimum Gasteiger partial charge on any atom is -0.328 e. The number of nitrogens with two attached hydrogens (primary N) is 2. The van der Waals surface area contributed by atoms with Crippen molar-refractivity contribution in [1.29, 1.82) is 0 Å². The second kappa shape index (κ2) is 6.33. The molecule has 0 saturated carbocycles. The molecule has 0 amide bonds. The molecule has 0 rings (SSSR count). The van der Waals surface area contributed by atoms with E-state index in [1.54, 1.807) is 0 Å². The summed E-state index contributed by atoms with van der Waals surface area (Å²) in [6.45, 7) is 4.00. The average Bonchev–Trinajstić information content (AvgIpc) is 1.61. The summed E-state index contributed by atoms with van der Waals surface area (Å²) >= 11 is 0. The van der Waals surface area contributed by atoms with Crippen LogP contribution in [-0.2, 0) is 0 Å². The fourth-order valence-electron chi connectivity index (χ4n) is 0.526. The first-order chi connectivity index (χ1) is 3.63. The van der Waals surface area contributed by atoms with Crippen molar-refractivity contribution in [2.75, 3.05) is 0 Å². The van der Waals surface area contributed by atoms with Crippen LogP contribution in [0.1, 0.15) is 26.7 Å². The molecule has 4 N–H and O–H groups in total. The zero-order valence-corrected chi connectivity index (χ0v) is 6.95. The Labute approximate surface area is 63.4 Å². The maximum Gasteiger partial charge on any atom is 0.00110 e. The van der Waals surface area contributed by atoms with E-state index >= 15 is 0 Å². The number of hydrogen-bond acceptors (Lipinski definition) is 2. The molecule has 9 heavy (non-hydrogen) atoms. The SMILES string of the molecule is C[C@@H](N)CC[C@@H](C)N.Cl. The Morgan fingerprint density at radius 3 is 1.33 bits per heavy atom. The van der Waals surface area contributed by atoms with Gasteiger partial charge in [0.15, 0.2) is 0 Å². The molecule has 0 aromatic carbocycles. The van der Waals surface area contributed by atoms with Crippen molar-refractivity contribution in [1.82, 2.24) is 0 Å². The molecule has 3 heteroatoms. The van der Waals surface area contributed by atoms with Crippen molar-refractivity contribution in [2.45, 2.75) is 38.8 Å². The molecule has 0 aromatic heterocycles. The van der Waals surface area contributed by atoms with Crippen LogP contribution >= 0.6 is 12.4 Å². The lowest BCUT2D eigenvalue weighted by atomic mass is 10.1. The van der Waals surface area contributed by atoms with Gasteiger partial charge in [0.05, 0.1) is 0 Å². The molecule has 0 aliphatic heterocycles. The van der Waals surface area contributed by atoms with Crippen LogP contribution in [0.15, 0.2) is 0 Å². The summed E-state index contributed by atoms with van der Waals surface area (Å²) in [5.74, 6) is 0. The van der Waals surface area contributed by atoms with Crippen LogP contribution in [0.2, 0.25) is 0 Å². The molecule has 0 saturated heterocycles. The van der Waals surface area contributed by atoms with Gasteiger partial charge in [0.2, 0.25) is 0 Å². The molecule has 0 unspecified atom stereocenters. The Balaban J connectivity index is 0. The van der Waals surface area contributed by atoms with Crippen molar-refractivity contribution >= 4 is 12.4 Å². The maximum atomic E-state index is 5.49. The van der Waals surface area contributed by atoms with E-state index in [0.29, 0.717) is 12.1 Å². The summed E-state index contributed by atoms with van der Waals surface area (Å²) in [6, 6.07) is 0.613. The molecule has 0 aromatic rings.